The molecule has 0 saturated heterocycles. The second-order valence-corrected chi connectivity index (χ2v) is 8.83. The van der Waals surface area contributed by atoms with Crippen molar-refractivity contribution in [3.63, 3.8) is 0 Å². The highest BCUT2D eigenvalue weighted by molar-refractivity contribution is 5.72. The van der Waals surface area contributed by atoms with Gasteiger partial charge in [-0.1, -0.05) is 0 Å². The van der Waals surface area contributed by atoms with Gasteiger partial charge < -0.3 is 52.1 Å². The van der Waals surface area contributed by atoms with Gasteiger partial charge in [-0.15, -0.1) is 0 Å². The Kier molecular flexibility index (Phi) is 26.6. The van der Waals surface area contributed by atoms with Crippen LogP contribution >= 0.6 is 0 Å². The predicted molar refractivity (Wildman–Crippen MR) is 150 cm³/mol. The van der Waals surface area contributed by atoms with Crippen LogP contribution in [-0.4, -0.2) is 138 Å². The van der Waals surface area contributed by atoms with Crippen LogP contribution in [0.4, 0.5) is 22.0 Å². The lowest BCUT2D eigenvalue weighted by Gasteiger charge is -2.09. The van der Waals surface area contributed by atoms with Gasteiger partial charge in [-0.2, -0.15) is 8.78 Å². The summed E-state index contributed by atoms with van der Waals surface area (Å²) >= 11 is 0. The topological polar surface area (TPSA) is 119 Å². The van der Waals surface area contributed by atoms with E-state index in [1.54, 1.807) is 0 Å². The van der Waals surface area contributed by atoms with E-state index in [4.69, 9.17) is 47.4 Å². The minimum atomic E-state index is -2.35. The smallest absolute Gasteiger partial charge is 0.313 e. The average Bonchev–Trinajstić information content (AvgIpc) is 3.05. The Morgan fingerprint density at radius 1 is 0.391 bits per heavy atom. The van der Waals surface area contributed by atoms with E-state index in [0.29, 0.717) is 106 Å². The maximum absolute atomic E-state index is 13.5. The largest absolute Gasteiger partial charge is 0.420 e. The van der Waals surface area contributed by atoms with Gasteiger partial charge in [0, 0.05) is 6.61 Å². The van der Waals surface area contributed by atoms with Crippen LogP contribution in [0.25, 0.3) is 0 Å². The van der Waals surface area contributed by atoms with Crippen LogP contribution in [0.3, 0.4) is 0 Å². The fraction of sp³-hybridized carbons (Fsp3) is 0.759. The van der Waals surface area contributed by atoms with Crippen LogP contribution in [0.1, 0.15) is 13.3 Å². The summed E-state index contributed by atoms with van der Waals surface area (Å²) < 4.78 is 124. The lowest BCUT2D eigenvalue weighted by atomic mass is 10.2. The molecule has 0 amide bonds. The molecule has 12 nitrogen and oxygen atoms in total. The van der Waals surface area contributed by atoms with Crippen LogP contribution in [0.2, 0.25) is 0 Å². The molecule has 1 aromatic rings. The molecule has 0 heterocycles. The third kappa shape index (κ3) is 20.9. The maximum atomic E-state index is 13.5. The molecule has 0 bridgehead atoms. The molecule has 0 aliphatic heterocycles. The third-order valence-electron chi connectivity index (χ3n) is 5.39. The number of halogens is 5. The fourth-order valence-corrected chi connectivity index (χ4v) is 3.12. The zero-order valence-corrected chi connectivity index (χ0v) is 26.1. The molecular formula is C29H45F5O12. The normalized spacial score (nSPS) is 11.4. The van der Waals surface area contributed by atoms with Crippen molar-refractivity contribution in [3.8, 4) is 5.75 Å². The first-order valence-corrected chi connectivity index (χ1v) is 14.9. The molecule has 0 aliphatic rings. The van der Waals surface area contributed by atoms with E-state index >= 15 is 0 Å². The van der Waals surface area contributed by atoms with Gasteiger partial charge >= 0.3 is 5.97 Å². The SMILES string of the molecule is CCOCCOCCOCCOCCOCCOCCOCCOCCOCCOCCC(=O)Oc1c(F)c(F)c(F)c(F)c1F. The highest BCUT2D eigenvalue weighted by Gasteiger charge is 2.28. The molecule has 0 atom stereocenters. The molecule has 1 rings (SSSR count). The Morgan fingerprint density at radius 3 is 0.913 bits per heavy atom. The second-order valence-electron chi connectivity index (χ2n) is 8.83. The van der Waals surface area contributed by atoms with E-state index in [1.807, 2.05) is 6.92 Å². The fourth-order valence-electron chi connectivity index (χ4n) is 3.12. The third-order valence-corrected chi connectivity index (χ3v) is 5.39. The standard InChI is InChI=1S/C29H45F5O12/c1-2-36-5-6-38-9-10-40-13-14-42-17-18-44-21-22-45-20-19-43-16-15-41-12-11-39-8-7-37-4-3-23(35)46-29-27(33)25(31)24(30)26(32)28(29)34/h2-22H2,1H3. The van der Waals surface area contributed by atoms with Crippen LogP contribution in [-0.2, 0) is 52.2 Å². The van der Waals surface area contributed by atoms with Gasteiger partial charge in [-0.25, -0.2) is 13.2 Å². The van der Waals surface area contributed by atoms with E-state index in [2.05, 4.69) is 4.74 Å². The summed E-state index contributed by atoms with van der Waals surface area (Å²) in [5.74, 6) is -14.1. The molecule has 0 saturated carbocycles. The van der Waals surface area contributed by atoms with Crippen molar-refractivity contribution in [1.29, 1.82) is 0 Å². The van der Waals surface area contributed by atoms with Crippen LogP contribution in [0, 0.1) is 29.1 Å². The number of hydrogen-bond acceptors (Lipinski definition) is 12. The molecule has 46 heavy (non-hydrogen) atoms. The summed E-state index contributed by atoms with van der Waals surface area (Å²) in [5, 5.41) is 0. The summed E-state index contributed by atoms with van der Waals surface area (Å²) in [6.45, 7) is 9.82. The van der Waals surface area contributed by atoms with E-state index in [0.717, 1.165) is 0 Å². The molecule has 0 unspecified atom stereocenters. The van der Waals surface area contributed by atoms with Gasteiger partial charge in [0.2, 0.25) is 34.8 Å². The molecule has 0 fully saturated rings. The number of esters is 1. The Morgan fingerprint density at radius 2 is 0.630 bits per heavy atom. The highest BCUT2D eigenvalue weighted by Crippen LogP contribution is 2.29. The second kappa shape index (κ2) is 29.1. The molecule has 0 aromatic heterocycles. The molecule has 1 aromatic carbocycles. The van der Waals surface area contributed by atoms with E-state index in [1.165, 1.54) is 0 Å². The van der Waals surface area contributed by atoms with Crippen LogP contribution in [0.15, 0.2) is 0 Å². The zero-order valence-electron chi connectivity index (χ0n) is 26.1. The summed E-state index contributed by atoms with van der Waals surface area (Å²) in [5.41, 5.74) is 0. The number of hydrogen-bond donors (Lipinski definition) is 0. The van der Waals surface area contributed by atoms with Crippen molar-refractivity contribution in [3.05, 3.63) is 29.1 Å². The number of ether oxygens (including phenoxy) is 11. The monoisotopic (exact) mass is 680 g/mol. The summed E-state index contributed by atoms with van der Waals surface area (Å²) in [7, 11) is 0. The predicted octanol–water partition coefficient (Wildman–Crippen LogP) is 2.86. The number of benzene rings is 1. The molecule has 0 radical (unpaired) electrons. The van der Waals surface area contributed by atoms with Crippen molar-refractivity contribution in [2.45, 2.75) is 13.3 Å². The Bertz CT molecular complexity index is 887. The average molecular weight is 681 g/mol. The minimum Gasteiger partial charge on any atom is -0.420 e. The van der Waals surface area contributed by atoms with Gasteiger partial charge in [-0.05, 0) is 6.92 Å². The molecular weight excluding hydrogens is 635 g/mol. The van der Waals surface area contributed by atoms with Crippen LogP contribution < -0.4 is 4.74 Å². The quantitative estimate of drug-likeness (QED) is 0.0278. The summed E-state index contributed by atoms with van der Waals surface area (Å²) in [6.07, 6.45) is -0.484. The molecule has 0 spiro atoms. The molecule has 17 heteroatoms. The minimum absolute atomic E-state index is 0.0836. The Hall–Kier alpha value is -2.06. The lowest BCUT2D eigenvalue weighted by Crippen LogP contribution is -2.16. The van der Waals surface area contributed by atoms with E-state index in [9.17, 15) is 26.7 Å². The Labute approximate surface area is 265 Å². The van der Waals surface area contributed by atoms with E-state index < -0.39 is 47.2 Å². The molecule has 0 N–H and O–H groups in total. The number of carbonyl (C=O) groups is 1. The van der Waals surface area contributed by atoms with Gasteiger partial charge in [0.25, 0.3) is 0 Å². The first-order valence-electron chi connectivity index (χ1n) is 14.9. The first kappa shape index (κ1) is 42.0. The van der Waals surface area contributed by atoms with Crippen molar-refractivity contribution in [2.75, 3.05) is 132 Å². The first-order chi connectivity index (χ1) is 22.4. The van der Waals surface area contributed by atoms with E-state index in [-0.39, 0.29) is 26.4 Å². The van der Waals surface area contributed by atoms with Gasteiger partial charge in [-0.3, -0.25) is 4.79 Å². The number of carbonyl (C=O) groups excluding carboxylic acids is 1. The van der Waals surface area contributed by atoms with Gasteiger partial charge in [0.15, 0.2) is 0 Å². The lowest BCUT2D eigenvalue weighted by molar-refractivity contribution is -0.136. The maximum Gasteiger partial charge on any atom is 0.313 e. The van der Waals surface area contributed by atoms with Crippen molar-refractivity contribution in [1.82, 2.24) is 0 Å². The summed E-state index contributed by atoms with van der Waals surface area (Å²) in [6, 6.07) is 0. The Balaban J connectivity index is 1.77. The summed E-state index contributed by atoms with van der Waals surface area (Å²) in [4.78, 5) is 11.6. The molecule has 0 aliphatic carbocycles. The number of rotatable bonds is 32. The van der Waals surface area contributed by atoms with Crippen molar-refractivity contribution >= 4 is 5.97 Å². The van der Waals surface area contributed by atoms with Crippen LogP contribution in [0.5, 0.6) is 5.75 Å². The van der Waals surface area contributed by atoms with Crippen molar-refractivity contribution < 1.29 is 78.9 Å². The van der Waals surface area contributed by atoms with Gasteiger partial charge in [0.05, 0.1) is 132 Å². The molecule has 268 valence electrons. The highest BCUT2D eigenvalue weighted by atomic mass is 19.2. The van der Waals surface area contributed by atoms with Crippen molar-refractivity contribution in [2.24, 2.45) is 0 Å². The zero-order chi connectivity index (χ0) is 33.7. The van der Waals surface area contributed by atoms with Gasteiger partial charge in [0.1, 0.15) is 0 Å².